The first-order valence-corrected chi connectivity index (χ1v) is 8.80. The Kier molecular flexibility index (Phi) is 4.81. The predicted molar refractivity (Wildman–Crippen MR) is 81.4 cm³/mol. The van der Waals surface area contributed by atoms with Gasteiger partial charge in [0.2, 0.25) is 0 Å². The van der Waals surface area contributed by atoms with Crippen LogP contribution in [0, 0.1) is 11.8 Å². The highest BCUT2D eigenvalue weighted by Gasteiger charge is 2.35. The van der Waals surface area contributed by atoms with Gasteiger partial charge >= 0.3 is 0 Å². The molecule has 0 aromatic carbocycles. The lowest BCUT2D eigenvalue weighted by atomic mass is 9.78. The van der Waals surface area contributed by atoms with Gasteiger partial charge in [-0.15, -0.1) is 0 Å². The van der Waals surface area contributed by atoms with Crippen LogP contribution < -0.4 is 5.32 Å². The van der Waals surface area contributed by atoms with Gasteiger partial charge in [-0.25, -0.2) is 0 Å². The summed E-state index contributed by atoms with van der Waals surface area (Å²) in [5.41, 5.74) is 0. The van der Waals surface area contributed by atoms with Crippen LogP contribution in [0.3, 0.4) is 0 Å². The van der Waals surface area contributed by atoms with Gasteiger partial charge in [0, 0.05) is 18.6 Å². The van der Waals surface area contributed by atoms with E-state index >= 15 is 0 Å². The van der Waals surface area contributed by atoms with Crippen molar-refractivity contribution in [2.45, 2.75) is 76.3 Å². The Hall–Kier alpha value is -0.0800. The van der Waals surface area contributed by atoms with Crippen LogP contribution in [0.4, 0.5) is 0 Å². The molecular formula is C17H32N2. The van der Waals surface area contributed by atoms with E-state index in [4.69, 9.17) is 0 Å². The fourth-order valence-electron chi connectivity index (χ4n) is 5.04. The predicted octanol–water partition coefficient (Wildman–Crippen LogP) is 3.42. The molecule has 1 unspecified atom stereocenters. The standard InChI is InChI=1S/C17H32N2/c1-18-16(14-7-2-3-8-14)13-19-12-6-10-15-9-4-5-11-17(15)19/h14-18H,2-13H2,1H3/t15-,16?,17-/m1/s1. The average molecular weight is 264 g/mol. The van der Waals surface area contributed by atoms with Crippen molar-refractivity contribution in [3.05, 3.63) is 0 Å². The molecule has 1 saturated heterocycles. The highest BCUT2D eigenvalue weighted by molar-refractivity contribution is 4.91. The van der Waals surface area contributed by atoms with Gasteiger partial charge in [0.05, 0.1) is 0 Å². The minimum Gasteiger partial charge on any atom is -0.315 e. The van der Waals surface area contributed by atoms with E-state index < -0.39 is 0 Å². The summed E-state index contributed by atoms with van der Waals surface area (Å²) in [4.78, 5) is 2.87. The van der Waals surface area contributed by atoms with E-state index in [2.05, 4.69) is 17.3 Å². The van der Waals surface area contributed by atoms with E-state index in [0.29, 0.717) is 0 Å². The zero-order valence-corrected chi connectivity index (χ0v) is 12.7. The van der Waals surface area contributed by atoms with Gasteiger partial charge in [0.25, 0.3) is 0 Å². The topological polar surface area (TPSA) is 15.3 Å². The summed E-state index contributed by atoms with van der Waals surface area (Å²) < 4.78 is 0. The molecule has 2 heteroatoms. The van der Waals surface area contributed by atoms with E-state index in [1.807, 2.05) is 0 Å². The van der Waals surface area contributed by atoms with Crippen molar-refractivity contribution in [3.8, 4) is 0 Å². The number of hydrogen-bond donors (Lipinski definition) is 1. The van der Waals surface area contributed by atoms with Gasteiger partial charge in [0.1, 0.15) is 0 Å². The van der Waals surface area contributed by atoms with Gasteiger partial charge < -0.3 is 5.32 Å². The smallest absolute Gasteiger partial charge is 0.0220 e. The Morgan fingerprint density at radius 3 is 2.42 bits per heavy atom. The SMILES string of the molecule is CNC(CN1CCC[C@H]2CCCC[C@H]21)C1CCCC1. The number of piperidine rings is 1. The van der Waals surface area contributed by atoms with E-state index in [1.165, 1.54) is 77.3 Å². The third-order valence-electron chi connectivity index (χ3n) is 6.13. The van der Waals surface area contributed by atoms with Crippen LogP contribution in [-0.4, -0.2) is 37.1 Å². The molecule has 0 aromatic heterocycles. The number of nitrogens with one attached hydrogen (secondary N) is 1. The first kappa shape index (κ1) is 13.9. The maximum atomic E-state index is 3.65. The number of hydrogen-bond acceptors (Lipinski definition) is 2. The lowest BCUT2D eigenvalue weighted by Crippen LogP contribution is -2.52. The van der Waals surface area contributed by atoms with Gasteiger partial charge in [-0.05, 0) is 64.0 Å². The first-order chi connectivity index (χ1) is 9.38. The Balaban J connectivity index is 1.59. The van der Waals surface area contributed by atoms with Crippen LogP contribution in [0.2, 0.25) is 0 Å². The van der Waals surface area contributed by atoms with Gasteiger partial charge in [-0.3, -0.25) is 4.90 Å². The summed E-state index contributed by atoms with van der Waals surface area (Å²) in [5, 5.41) is 3.65. The molecule has 0 bridgehead atoms. The molecule has 0 amide bonds. The Labute approximate surface area is 119 Å². The minimum atomic E-state index is 0.753. The monoisotopic (exact) mass is 264 g/mol. The molecule has 2 nitrogen and oxygen atoms in total. The summed E-state index contributed by atoms with van der Waals surface area (Å²) in [6.45, 7) is 2.69. The van der Waals surface area contributed by atoms with Crippen LogP contribution in [0.25, 0.3) is 0 Å². The lowest BCUT2D eigenvalue weighted by molar-refractivity contribution is 0.0477. The first-order valence-electron chi connectivity index (χ1n) is 8.80. The molecule has 3 atom stereocenters. The molecule has 110 valence electrons. The summed E-state index contributed by atoms with van der Waals surface area (Å²) in [7, 11) is 2.19. The third kappa shape index (κ3) is 3.16. The molecule has 0 radical (unpaired) electrons. The second kappa shape index (κ2) is 6.58. The number of fused-ring (bicyclic) bond motifs is 1. The van der Waals surface area contributed by atoms with Crippen LogP contribution in [0.1, 0.15) is 64.2 Å². The maximum Gasteiger partial charge on any atom is 0.0220 e. The zero-order chi connectivity index (χ0) is 13.1. The van der Waals surface area contributed by atoms with Crippen molar-refractivity contribution in [3.63, 3.8) is 0 Å². The number of rotatable bonds is 4. The van der Waals surface area contributed by atoms with Gasteiger partial charge in [0.15, 0.2) is 0 Å². The molecule has 1 N–H and O–H groups in total. The number of nitrogens with zero attached hydrogens (tertiary/aromatic N) is 1. The Morgan fingerprint density at radius 1 is 0.947 bits per heavy atom. The normalized spacial score (nSPS) is 35.2. The van der Waals surface area contributed by atoms with Gasteiger partial charge in [-0.2, -0.15) is 0 Å². The molecular weight excluding hydrogens is 232 g/mol. The fraction of sp³-hybridized carbons (Fsp3) is 1.00. The maximum absolute atomic E-state index is 3.65. The molecule has 2 saturated carbocycles. The summed E-state index contributed by atoms with van der Waals surface area (Å²) in [6, 6.07) is 1.68. The van der Waals surface area contributed by atoms with Crippen LogP contribution in [-0.2, 0) is 0 Å². The highest BCUT2D eigenvalue weighted by Crippen LogP contribution is 2.36. The Morgan fingerprint density at radius 2 is 1.63 bits per heavy atom. The second-order valence-corrected chi connectivity index (χ2v) is 7.19. The van der Waals surface area contributed by atoms with Crippen LogP contribution in [0.15, 0.2) is 0 Å². The molecule has 3 aliphatic rings. The molecule has 1 aliphatic heterocycles. The lowest BCUT2D eigenvalue weighted by Gasteiger charge is -2.46. The second-order valence-electron chi connectivity index (χ2n) is 7.19. The molecule has 3 rings (SSSR count). The third-order valence-corrected chi connectivity index (χ3v) is 6.13. The highest BCUT2D eigenvalue weighted by atomic mass is 15.2. The van der Waals surface area contributed by atoms with E-state index in [1.54, 1.807) is 0 Å². The van der Waals surface area contributed by atoms with Crippen LogP contribution >= 0.6 is 0 Å². The molecule has 1 heterocycles. The van der Waals surface area contributed by atoms with Crippen molar-refractivity contribution in [2.75, 3.05) is 20.1 Å². The summed E-state index contributed by atoms with van der Waals surface area (Å²) >= 11 is 0. The molecule has 2 aliphatic carbocycles. The van der Waals surface area contributed by atoms with Gasteiger partial charge in [-0.1, -0.05) is 25.7 Å². The molecule has 3 fully saturated rings. The quantitative estimate of drug-likeness (QED) is 0.837. The zero-order valence-electron chi connectivity index (χ0n) is 12.7. The fourth-order valence-corrected chi connectivity index (χ4v) is 5.04. The largest absolute Gasteiger partial charge is 0.315 e. The van der Waals surface area contributed by atoms with Crippen molar-refractivity contribution in [1.82, 2.24) is 10.2 Å². The summed E-state index contributed by atoms with van der Waals surface area (Å²) in [5.74, 6) is 1.98. The van der Waals surface area contributed by atoms with Crippen molar-refractivity contribution < 1.29 is 0 Å². The number of likely N-dealkylation sites (N-methyl/N-ethyl adjacent to an activating group) is 1. The Bertz CT molecular complexity index is 270. The average Bonchev–Trinajstić information content (AvgIpc) is 2.99. The van der Waals surface area contributed by atoms with Crippen molar-refractivity contribution in [2.24, 2.45) is 11.8 Å². The van der Waals surface area contributed by atoms with Crippen molar-refractivity contribution >= 4 is 0 Å². The minimum absolute atomic E-state index is 0.753. The van der Waals surface area contributed by atoms with E-state index in [-0.39, 0.29) is 0 Å². The van der Waals surface area contributed by atoms with Crippen molar-refractivity contribution in [1.29, 1.82) is 0 Å². The molecule has 0 aromatic rings. The van der Waals surface area contributed by atoms with E-state index in [9.17, 15) is 0 Å². The molecule has 0 spiro atoms. The number of likely N-dealkylation sites (tertiary alicyclic amines) is 1. The molecule has 19 heavy (non-hydrogen) atoms. The van der Waals surface area contributed by atoms with Crippen LogP contribution in [0.5, 0.6) is 0 Å². The van der Waals surface area contributed by atoms with E-state index in [0.717, 1.165) is 23.9 Å². The summed E-state index contributed by atoms with van der Waals surface area (Å²) in [6.07, 6.45) is 14.8.